The second-order valence-electron chi connectivity index (χ2n) is 8.59. The molecule has 2 aromatic heterocycles. The smallest absolute Gasteiger partial charge is 0.365 e. The molecule has 2 atom stereocenters. The molecule has 0 saturated carbocycles. The van der Waals surface area contributed by atoms with E-state index in [9.17, 15) is 22.8 Å². The molecule has 1 aliphatic heterocycles. The number of anilines is 2. The Kier molecular flexibility index (Phi) is 6.00. The zero-order chi connectivity index (χ0) is 24.9. The van der Waals surface area contributed by atoms with Crippen LogP contribution in [0.4, 0.5) is 24.0 Å². The second-order valence-corrected chi connectivity index (χ2v) is 10.1. The summed E-state index contributed by atoms with van der Waals surface area (Å²) in [6.07, 6.45) is -1.61. The lowest BCUT2D eigenvalue weighted by atomic mass is 9.95. The molecule has 2 aliphatic rings. The molecular weight excluding hydrogens is 503 g/mol. The minimum absolute atomic E-state index is 0.0835. The molecule has 3 heterocycles. The van der Waals surface area contributed by atoms with Gasteiger partial charge in [0.05, 0.1) is 11.6 Å². The molecule has 0 spiro atoms. The molecule has 0 saturated heterocycles. The fourth-order valence-corrected chi connectivity index (χ4v) is 6.27. The van der Waals surface area contributed by atoms with Gasteiger partial charge in [0.2, 0.25) is 0 Å². The first-order valence-electron chi connectivity index (χ1n) is 11.1. The van der Waals surface area contributed by atoms with Gasteiger partial charge >= 0.3 is 6.18 Å². The third kappa shape index (κ3) is 4.27. The van der Waals surface area contributed by atoms with Gasteiger partial charge in [-0.3, -0.25) is 9.59 Å². The average Bonchev–Trinajstić information content (AvgIpc) is 3.35. The van der Waals surface area contributed by atoms with Crippen molar-refractivity contribution in [3.63, 3.8) is 0 Å². The molecule has 5 rings (SSSR count). The van der Waals surface area contributed by atoms with Gasteiger partial charge in [-0.1, -0.05) is 41.9 Å². The molecule has 0 fully saturated rings. The number of benzene rings is 1. The van der Waals surface area contributed by atoms with Crippen LogP contribution in [-0.2, 0) is 12.8 Å². The number of halogens is 4. The van der Waals surface area contributed by atoms with E-state index in [1.807, 2.05) is 0 Å². The van der Waals surface area contributed by atoms with E-state index in [1.54, 1.807) is 30.3 Å². The summed E-state index contributed by atoms with van der Waals surface area (Å²) in [6.45, 7) is 0. The first-order chi connectivity index (χ1) is 16.6. The minimum atomic E-state index is -4.61. The molecule has 0 bridgehead atoms. The zero-order valence-electron chi connectivity index (χ0n) is 18.3. The number of hydrogen-bond acceptors (Lipinski definition) is 5. The van der Waals surface area contributed by atoms with Gasteiger partial charge < -0.3 is 16.4 Å². The van der Waals surface area contributed by atoms with Crippen LogP contribution in [0.1, 0.15) is 68.2 Å². The van der Waals surface area contributed by atoms with Gasteiger partial charge in [0, 0.05) is 11.3 Å². The van der Waals surface area contributed by atoms with E-state index >= 15 is 0 Å². The Morgan fingerprint density at radius 1 is 1.20 bits per heavy atom. The Balaban J connectivity index is 1.50. The summed E-state index contributed by atoms with van der Waals surface area (Å²) in [5.74, 6) is -1.56. The van der Waals surface area contributed by atoms with Crippen molar-refractivity contribution in [2.75, 3.05) is 10.6 Å². The average molecular weight is 524 g/mol. The number of alkyl halides is 3. The van der Waals surface area contributed by atoms with Gasteiger partial charge in [-0.2, -0.15) is 18.3 Å². The lowest BCUT2D eigenvalue weighted by molar-refractivity contribution is -0.173. The minimum Gasteiger partial charge on any atom is -0.365 e. The number of aryl methyl sites for hydroxylation is 1. The number of carbonyl (C=O) groups is 2. The lowest BCUT2D eigenvalue weighted by Crippen LogP contribution is -2.35. The number of amides is 2. The van der Waals surface area contributed by atoms with Crippen molar-refractivity contribution in [3.8, 4) is 0 Å². The van der Waals surface area contributed by atoms with Crippen molar-refractivity contribution < 1.29 is 22.8 Å². The van der Waals surface area contributed by atoms with Gasteiger partial charge in [-0.05, 0) is 36.8 Å². The summed E-state index contributed by atoms with van der Waals surface area (Å²) in [4.78, 5) is 26.2. The monoisotopic (exact) mass is 523 g/mol. The third-order valence-corrected chi connectivity index (χ3v) is 7.92. The van der Waals surface area contributed by atoms with Crippen LogP contribution < -0.4 is 16.4 Å². The predicted octanol–water partition coefficient (Wildman–Crippen LogP) is 5.49. The topological polar surface area (TPSA) is 102 Å². The summed E-state index contributed by atoms with van der Waals surface area (Å²) in [5.41, 5.74) is 6.94. The van der Waals surface area contributed by atoms with E-state index < -0.39 is 30.1 Å². The number of aromatic nitrogens is 2. The van der Waals surface area contributed by atoms with Crippen molar-refractivity contribution in [2.45, 2.75) is 50.4 Å². The number of nitrogens with one attached hydrogen (secondary N) is 2. The van der Waals surface area contributed by atoms with Crippen molar-refractivity contribution in [3.05, 3.63) is 62.6 Å². The van der Waals surface area contributed by atoms with Crippen LogP contribution >= 0.6 is 22.9 Å². The van der Waals surface area contributed by atoms with Crippen LogP contribution in [0.5, 0.6) is 0 Å². The van der Waals surface area contributed by atoms with Crippen molar-refractivity contribution in [1.29, 1.82) is 0 Å². The molecule has 12 heteroatoms. The van der Waals surface area contributed by atoms with E-state index in [4.69, 9.17) is 17.3 Å². The van der Waals surface area contributed by atoms with Gasteiger partial charge in [-0.25, -0.2) is 4.68 Å². The molecule has 4 N–H and O–H groups in total. The number of fused-ring (bicyclic) bond motifs is 2. The summed E-state index contributed by atoms with van der Waals surface area (Å²) < 4.78 is 42.7. The number of nitrogens with two attached hydrogens (primary N) is 1. The highest BCUT2D eigenvalue weighted by Crippen LogP contribution is 2.46. The molecule has 7 nitrogen and oxygen atoms in total. The van der Waals surface area contributed by atoms with Crippen molar-refractivity contribution in [1.82, 2.24) is 9.78 Å². The summed E-state index contributed by atoms with van der Waals surface area (Å²) in [6, 6.07) is 6.05. The number of thiophene rings is 1. The fourth-order valence-electron chi connectivity index (χ4n) is 4.72. The summed E-state index contributed by atoms with van der Waals surface area (Å²) in [5, 5.41) is 9.63. The van der Waals surface area contributed by atoms with Gasteiger partial charge in [0.1, 0.15) is 15.8 Å². The standard InChI is InChI=1S/C23H21ClF3N5O2S/c24-17-18(21(34)30-22-16(19(28)33)12-8-4-5-9-14(12)35-22)31-32-15(23(25,26)27)10-13(29-20(17)32)11-6-2-1-3-7-11/h1-3,6-7,13,15,29H,4-5,8-10H2,(H2,28,33)(H,30,34)/t13-,15-/m0/s1. The SMILES string of the molecule is NC(=O)c1c(NC(=O)c2nn3c(c2Cl)N[C@H](c2ccccc2)C[C@H]3C(F)(F)F)sc2c1CCCC2. The summed E-state index contributed by atoms with van der Waals surface area (Å²) in [7, 11) is 0. The Bertz CT molecular complexity index is 1300. The number of rotatable bonds is 4. The highest BCUT2D eigenvalue weighted by atomic mass is 35.5. The number of carbonyl (C=O) groups excluding carboxylic acids is 2. The highest BCUT2D eigenvalue weighted by Gasteiger charge is 2.48. The van der Waals surface area contributed by atoms with E-state index in [-0.39, 0.29) is 33.5 Å². The molecule has 2 amide bonds. The van der Waals surface area contributed by atoms with Crippen LogP contribution in [0.3, 0.4) is 0 Å². The second kappa shape index (κ2) is 8.87. The zero-order valence-corrected chi connectivity index (χ0v) is 19.9. The van der Waals surface area contributed by atoms with Gasteiger partial charge in [0.15, 0.2) is 11.7 Å². The Hall–Kier alpha value is -3.05. The quantitative estimate of drug-likeness (QED) is 0.421. The molecule has 0 unspecified atom stereocenters. The molecule has 184 valence electrons. The maximum atomic E-state index is 14.0. The van der Waals surface area contributed by atoms with Gasteiger partial charge in [-0.15, -0.1) is 11.3 Å². The van der Waals surface area contributed by atoms with Crippen LogP contribution in [0, 0.1) is 0 Å². The molecule has 1 aromatic carbocycles. The van der Waals surface area contributed by atoms with E-state index in [0.717, 1.165) is 34.4 Å². The van der Waals surface area contributed by atoms with Crippen LogP contribution in [-0.4, -0.2) is 27.8 Å². The Morgan fingerprint density at radius 3 is 2.60 bits per heavy atom. The summed E-state index contributed by atoms with van der Waals surface area (Å²) >= 11 is 7.66. The van der Waals surface area contributed by atoms with Crippen LogP contribution in [0.2, 0.25) is 5.02 Å². The highest BCUT2D eigenvalue weighted by molar-refractivity contribution is 7.17. The molecule has 0 radical (unpaired) electrons. The van der Waals surface area contributed by atoms with E-state index in [1.165, 1.54) is 11.3 Å². The number of hydrogen-bond donors (Lipinski definition) is 3. The van der Waals surface area contributed by atoms with E-state index in [0.29, 0.717) is 12.0 Å². The maximum Gasteiger partial charge on any atom is 0.410 e. The maximum absolute atomic E-state index is 14.0. The Morgan fingerprint density at radius 2 is 1.91 bits per heavy atom. The van der Waals surface area contributed by atoms with Gasteiger partial charge in [0.25, 0.3) is 11.8 Å². The molecule has 35 heavy (non-hydrogen) atoms. The predicted molar refractivity (Wildman–Crippen MR) is 127 cm³/mol. The Labute approximate surface area is 207 Å². The first kappa shape index (κ1) is 23.7. The van der Waals surface area contributed by atoms with Crippen molar-refractivity contribution >= 4 is 45.6 Å². The van der Waals surface area contributed by atoms with E-state index in [2.05, 4.69) is 15.7 Å². The first-order valence-corrected chi connectivity index (χ1v) is 12.3. The normalized spacial score (nSPS) is 19.4. The number of nitrogens with zero attached hydrogens (tertiary/aromatic N) is 2. The van der Waals surface area contributed by atoms with Crippen LogP contribution in [0.15, 0.2) is 30.3 Å². The molecule has 1 aliphatic carbocycles. The van der Waals surface area contributed by atoms with Crippen LogP contribution in [0.25, 0.3) is 0 Å². The molecular formula is C23H21ClF3N5O2S. The third-order valence-electron chi connectivity index (χ3n) is 6.36. The lowest BCUT2D eigenvalue weighted by Gasteiger charge is -2.33. The fraction of sp³-hybridized carbons (Fsp3) is 0.348. The number of primary amides is 1. The molecule has 3 aromatic rings. The largest absolute Gasteiger partial charge is 0.410 e. The van der Waals surface area contributed by atoms with Crippen molar-refractivity contribution in [2.24, 2.45) is 5.73 Å².